The van der Waals surface area contributed by atoms with Gasteiger partial charge in [-0.25, -0.2) is 4.98 Å². The molecule has 1 unspecified atom stereocenters. The fourth-order valence-corrected chi connectivity index (χ4v) is 4.42. The lowest BCUT2D eigenvalue weighted by molar-refractivity contribution is 0.185. The van der Waals surface area contributed by atoms with Crippen molar-refractivity contribution >= 4 is 22.7 Å². The Morgan fingerprint density at radius 2 is 2.15 bits per heavy atom. The molecule has 1 N–H and O–H groups in total. The Morgan fingerprint density at radius 3 is 2.85 bits per heavy atom. The molecule has 3 heterocycles. The Balaban J connectivity index is 1.75. The summed E-state index contributed by atoms with van der Waals surface area (Å²) in [5.41, 5.74) is 1.15. The number of aromatic nitrogens is 1. The molecule has 0 amide bonds. The second-order valence-corrected chi connectivity index (χ2v) is 7.21. The summed E-state index contributed by atoms with van der Waals surface area (Å²) in [4.78, 5) is 10.1. The summed E-state index contributed by atoms with van der Waals surface area (Å²) in [6.07, 6.45) is 1.11. The topological polar surface area (TPSA) is 28.2 Å². The van der Waals surface area contributed by atoms with Crippen molar-refractivity contribution in [1.82, 2.24) is 15.2 Å². The molecule has 3 nitrogen and oxygen atoms in total. The predicted molar refractivity (Wildman–Crippen MR) is 87.7 cm³/mol. The van der Waals surface area contributed by atoms with E-state index in [2.05, 4.69) is 41.6 Å². The maximum absolute atomic E-state index is 4.87. The van der Waals surface area contributed by atoms with Gasteiger partial charge in [0.05, 0.1) is 16.6 Å². The molecule has 3 rings (SSSR count). The number of piperazine rings is 1. The number of hydrogen-bond acceptors (Lipinski definition) is 5. The quantitative estimate of drug-likeness (QED) is 0.938. The van der Waals surface area contributed by atoms with Gasteiger partial charge >= 0.3 is 0 Å². The van der Waals surface area contributed by atoms with Crippen LogP contribution in [0.4, 0.5) is 0 Å². The van der Waals surface area contributed by atoms with Gasteiger partial charge in [-0.15, -0.1) is 22.7 Å². The lowest BCUT2D eigenvalue weighted by Gasteiger charge is -2.31. The Hall–Kier alpha value is -0.750. The van der Waals surface area contributed by atoms with E-state index in [9.17, 15) is 0 Å². The number of rotatable bonds is 4. The number of thiophene rings is 1. The summed E-state index contributed by atoms with van der Waals surface area (Å²) < 4.78 is 0. The molecule has 0 spiro atoms. The van der Waals surface area contributed by atoms with E-state index in [0.717, 1.165) is 38.3 Å². The van der Waals surface area contributed by atoms with Crippen LogP contribution in [0.1, 0.15) is 29.8 Å². The van der Waals surface area contributed by atoms with Crippen molar-refractivity contribution < 1.29 is 0 Å². The zero-order valence-corrected chi connectivity index (χ0v) is 13.7. The highest BCUT2D eigenvalue weighted by molar-refractivity contribution is 7.16. The van der Waals surface area contributed by atoms with Crippen LogP contribution in [0.5, 0.6) is 0 Å². The summed E-state index contributed by atoms with van der Waals surface area (Å²) in [5, 5.41) is 6.86. The van der Waals surface area contributed by atoms with Crippen LogP contribution in [0.3, 0.4) is 0 Å². The van der Waals surface area contributed by atoms with Crippen molar-refractivity contribution in [2.75, 3.05) is 26.2 Å². The number of nitrogens with zero attached hydrogens (tertiary/aromatic N) is 2. The van der Waals surface area contributed by atoms with Crippen LogP contribution in [0, 0.1) is 0 Å². The molecule has 0 aliphatic carbocycles. The maximum atomic E-state index is 4.87. The van der Waals surface area contributed by atoms with Crippen molar-refractivity contribution in [3.8, 4) is 10.6 Å². The predicted octanol–water partition coefficient (Wildman–Crippen LogP) is 3.40. The minimum atomic E-state index is 0.432. The number of aryl methyl sites for hydroxylation is 1. The third-order valence-corrected chi connectivity index (χ3v) is 6.11. The minimum absolute atomic E-state index is 0.432. The van der Waals surface area contributed by atoms with E-state index in [1.807, 2.05) is 11.3 Å². The van der Waals surface area contributed by atoms with E-state index in [-0.39, 0.29) is 0 Å². The fourth-order valence-electron chi connectivity index (χ4n) is 2.52. The SMILES string of the molecule is CCc1ccc(-c2csc(C(C)N3CCNCC3)n2)s1. The molecule has 5 heteroatoms. The van der Waals surface area contributed by atoms with Gasteiger partial charge < -0.3 is 5.32 Å². The minimum Gasteiger partial charge on any atom is -0.314 e. The molecule has 2 aromatic heterocycles. The zero-order chi connectivity index (χ0) is 13.9. The highest BCUT2D eigenvalue weighted by Gasteiger charge is 2.20. The lowest BCUT2D eigenvalue weighted by Crippen LogP contribution is -2.44. The monoisotopic (exact) mass is 307 g/mol. The summed E-state index contributed by atoms with van der Waals surface area (Å²) in [7, 11) is 0. The molecule has 108 valence electrons. The third kappa shape index (κ3) is 2.96. The summed E-state index contributed by atoms with van der Waals surface area (Å²) in [5.74, 6) is 0. The summed E-state index contributed by atoms with van der Waals surface area (Å²) in [6.45, 7) is 8.90. The zero-order valence-electron chi connectivity index (χ0n) is 12.1. The highest BCUT2D eigenvalue weighted by Crippen LogP contribution is 2.32. The smallest absolute Gasteiger partial charge is 0.110 e. The first-order valence-electron chi connectivity index (χ1n) is 7.27. The Kier molecular flexibility index (Phi) is 4.51. The maximum Gasteiger partial charge on any atom is 0.110 e. The number of thiazole rings is 1. The average molecular weight is 307 g/mol. The first-order chi connectivity index (χ1) is 9.78. The van der Waals surface area contributed by atoms with Crippen LogP contribution < -0.4 is 5.32 Å². The van der Waals surface area contributed by atoms with Crippen LogP contribution >= 0.6 is 22.7 Å². The van der Waals surface area contributed by atoms with Crippen molar-refractivity contribution in [3.05, 3.63) is 27.4 Å². The Bertz CT molecular complexity index is 555. The molecule has 1 atom stereocenters. The first kappa shape index (κ1) is 14.2. The van der Waals surface area contributed by atoms with Gasteiger partial charge in [-0.1, -0.05) is 6.92 Å². The Morgan fingerprint density at radius 1 is 1.35 bits per heavy atom. The molecule has 0 saturated carbocycles. The standard InChI is InChI=1S/C15H21N3S2/c1-3-12-4-5-14(20-12)13-10-19-15(17-13)11(2)18-8-6-16-7-9-18/h4-5,10-11,16H,3,6-9H2,1-2H3. The molecule has 0 bridgehead atoms. The van der Waals surface area contributed by atoms with Crippen LogP contribution in [0.15, 0.2) is 17.5 Å². The number of hydrogen-bond donors (Lipinski definition) is 1. The van der Waals surface area contributed by atoms with E-state index in [0.29, 0.717) is 6.04 Å². The molecule has 0 aromatic carbocycles. The molecular formula is C15H21N3S2. The van der Waals surface area contributed by atoms with Crippen LogP contribution in [-0.4, -0.2) is 36.1 Å². The molecule has 1 aliphatic rings. The number of nitrogens with one attached hydrogen (secondary N) is 1. The summed E-state index contributed by atoms with van der Waals surface area (Å²) >= 11 is 3.66. The van der Waals surface area contributed by atoms with E-state index < -0.39 is 0 Å². The van der Waals surface area contributed by atoms with Gasteiger partial charge in [-0.3, -0.25) is 4.90 Å². The van der Waals surface area contributed by atoms with Gasteiger partial charge in [0.1, 0.15) is 5.01 Å². The molecule has 0 radical (unpaired) electrons. The van der Waals surface area contributed by atoms with Crippen LogP contribution in [0.25, 0.3) is 10.6 Å². The molecule has 1 fully saturated rings. The summed E-state index contributed by atoms with van der Waals surface area (Å²) in [6, 6.07) is 4.86. The van der Waals surface area contributed by atoms with Gasteiger partial charge in [0.25, 0.3) is 0 Å². The van der Waals surface area contributed by atoms with Crippen molar-refractivity contribution in [3.63, 3.8) is 0 Å². The second kappa shape index (κ2) is 6.35. The van der Waals surface area contributed by atoms with Crippen LogP contribution in [0.2, 0.25) is 0 Å². The van der Waals surface area contributed by atoms with E-state index in [1.54, 1.807) is 11.3 Å². The van der Waals surface area contributed by atoms with E-state index >= 15 is 0 Å². The lowest BCUT2D eigenvalue weighted by atomic mass is 10.2. The molecule has 1 saturated heterocycles. The molecule has 1 aliphatic heterocycles. The van der Waals surface area contributed by atoms with Gasteiger partial charge in [-0.05, 0) is 25.5 Å². The van der Waals surface area contributed by atoms with Gasteiger partial charge in [0, 0.05) is 36.4 Å². The van der Waals surface area contributed by atoms with Gasteiger partial charge in [-0.2, -0.15) is 0 Å². The molecule has 2 aromatic rings. The Labute approximate surface area is 128 Å². The van der Waals surface area contributed by atoms with Gasteiger partial charge in [0.2, 0.25) is 0 Å². The molecular weight excluding hydrogens is 286 g/mol. The first-order valence-corrected chi connectivity index (χ1v) is 8.97. The van der Waals surface area contributed by atoms with E-state index in [1.165, 1.54) is 14.8 Å². The second-order valence-electron chi connectivity index (χ2n) is 5.15. The van der Waals surface area contributed by atoms with Crippen molar-refractivity contribution in [2.24, 2.45) is 0 Å². The molecule has 20 heavy (non-hydrogen) atoms. The normalized spacial score (nSPS) is 18.3. The average Bonchev–Trinajstić information content (AvgIpc) is 3.16. The van der Waals surface area contributed by atoms with E-state index in [4.69, 9.17) is 4.98 Å². The van der Waals surface area contributed by atoms with Crippen molar-refractivity contribution in [1.29, 1.82) is 0 Å². The van der Waals surface area contributed by atoms with Crippen LogP contribution in [-0.2, 0) is 6.42 Å². The van der Waals surface area contributed by atoms with Crippen molar-refractivity contribution in [2.45, 2.75) is 26.3 Å². The highest BCUT2D eigenvalue weighted by atomic mass is 32.1. The fraction of sp³-hybridized carbons (Fsp3) is 0.533. The third-order valence-electron chi connectivity index (χ3n) is 3.84. The van der Waals surface area contributed by atoms with Gasteiger partial charge in [0.15, 0.2) is 0 Å². The largest absolute Gasteiger partial charge is 0.314 e.